The third-order valence-corrected chi connectivity index (χ3v) is 9.97. The lowest BCUT2D eigenvalue weighted by Gasteiger charge is -2.45. The number of halogens is 2. The Morgan fingerprint density at radius 2 is 1.53 bits per heavy atom. The van der Waals surface area contributed by atoms with Crippen LogP contribution in [0.15, 0.2) is 78.9 Å². The van der Waals surface area contributed by atoms with Crippen molar-refractivity contribution in [3.05, 3.63) is 106 Å². The summed E-state index contributed by atoms with van der Waals surface area (Å²) >= 11 is 12.8. The van der Waals surface area contributed by atoms with Crippen molar-refractivity contribution in [2.45, 2.75) is 49.4 Å². The minimum atomic E-state index is -0.605. The summed E-state index contributed by atoms with van der Waals surface area (Å²) in [5.74, 6) is 0.100. The highest BCUT2D eigenvalue weighted by atomic mass is 35.5. The Morgan fingerprint density at radius 3 is 2.19 bits per heavy atom. The molecule has 1 atom stereocenters. The minimum Gasteiger partial charge on any atom is -0.411 e. The molecule has 0 aromatic heterocycles. The number of carbonyl (C=O) groups is 1. The number of amidine groups is 1. The van der Waals surface area contributed by atoms with Crippen molar-refractivity contribution in [3.8, 4) is 0 Å². The molecular weight excluding hydrogens is 581 g/mol. The molecule has 2 heterocycles. The first-order valence-corrected chi connectivity index (χ1v) is 15.7. The van der Waals surface area contributed by atoms with Crippen molar-refractivity contribution in [1.82, 2.24) is 9.80 Å². The summed E-state index contributed by atoms with van der Waals surface area (Å²) in [5.41, 5.74) is 7.54. The van der Waals surface area contributed by atoms with E-state index in [2.05, 4.69) is 11.0 Å². The van der Waals surface area contributed by atoms with Gasteiger partial charge in [-0.15, -0.1) is 0 Å². The fourth-order valence-corrected chi connectivity index (χ4v) is 7.19. The number of nitrogens with zero attached hydrogens (tertiary/aromatic N) is 2. The molecule has 2 fully saturated rings. The van der Waals surface area contributed by atoms with Crippen molar-refractivity contribution in [2.24, 2.45) is 5.73 Å². The monoisotopic (exact) mass is 619 g/mol. The molecule has 0 spiro atoms. The van der Waals surface area contributed by atoms with E-state index >= 15 is 0 Å². The molecule has 9 heteroatoms. The van der Waals surface area contributed by atoms with Crippen LogP contribution in [0.3, 0.4) is 0 Å². The SMILES string of the molecule is N=C(N)OC(=N)C1(c2ccccc2)CCN(CCCC2(c3ccc(Cl)c(Cl)c3)CCCN(C(=O)c3ccccc3)C2)CC1. The Hall–Kier alpha value is -3.39. The van der Waals surface area contributed by atoms with Gasteiger partial charge >= 0.3 is 0 Å². The van der Waals surface area contributed by atoms with Gasteiger partial charge in [0, 0.05) is 24.1 Å². The number of nitrogens with one attached hydrogen (secondary N) is 2. The van der Waals surface area contributed by atoms with Gasteiger partial charge in [-0.05, 0) is 93.6 Å². The Labute approximate surface area is 263 Å². The van der Waals surface area contributed by atoms with E-state index in [4.69, 9.17) is 44.5 Å². The van der Waals surface area contributed by atoms with Gasteiger partial charge < -0.3 is 20.3 Å². The van der Waals surface area contributed by atoms with Crippen LogP contribution in [0.2, 0.25) is 10.0 Å². The number of likely N-dealkylation sites (tertiary alicyclic amines) is 2. The summed E-state index contributed by atoms with van der Waals surface area (Å²) in [7, 11) is 0. The molecule has 7 nitrogen and oxygen atoms in total. The van der Waals surface area contributed by atoms with Crippen molar-refractivity contribution in [2.75, 3.05) is 32.7 Å². The number of rotatable bonds is 8. The van der Waals surface area contributed by atoms with E-state index in [0.29, 0.717) is 35.0 Å². The van der Waals surface area contributed by atoms with E-state index in [-0.39, 0.29) is 17.2 Å². The largest absolute Gasteiger partial charge is 0.411 e. The molecule has 1 amide bonds. The van der Waals surface area contributed by atoms with Crippen LogP contribution in [0.5, 0.6) is 0 Å². The predicted molar refractivity (Wildman–Crippen MR) is 173 cm³/mol. The first kappa shape index (κ1) is 31.0. The molecule has 0 saturated carbocycles. The van der Waals surface area contributed by atoms with Crippen molar-refractivity contribution < 1.29 is 9.53 Å². The highest BCUT2D eigenvalue weighted by molar-refractivity contribution is 6.42. The Balaban J connectivity index is 1.30. The average molecular weight is 621 g/mol. The molecule has 1 unspecified atom stereocenters. The van der Waals surface area contributed by atoms with Gasteiger partial charge in [-0.25, -0.2) is 0 Å². The van der Waals surface area contributed by atoms with Crippen molar-refractivity contribution in [3.63, 3.8) is 0 Å². The molecule has 0 bridgehead atoms. The van der Waals surface area contributed by atoms with Gasteiger partial charge in [0.2, 0.25) is 5.90 Å². The van der Waals surface area contributed by atoms with E-state index in [1.54, 1.807) is 0 Å². The van der Waals surface area contributed by atoms with Crippen LogP contribution in [0, 0.1) is 10.8 Å². The highest BCUT2D eigenvalue weighted by Crippen LogP contribution is 2.42. The first-order chi connectivity index (χ1) is 20.7. The normalized spacial score (nSPS) is 20.4. The van der Waals surface area contributed by atoms with Crippen LogP contribution >= 0.6 is 23.2 Å². The van der Waals surface area contributed by atoms with Crippen LogP contribution in [-0.2, 0) is 15.6 Å². The molecule has 3 aromatic carbocycles. The summed E-state index contributed by atoms with van der Waals surface area (Å²) in [4.78, 5) is 17.9. The molecule has 0 aliphatic carbocycles. The maximum atomic E-state index is 13.5. The van der Waals surface area contributed by atoms with Gasteiger partial charge in [-0.3, -0.25) is 15.6 Å². The third-order valence-electron chi connectivity index (χ3n) is 9.23. The van der Waals surface area contributed by atoms with Gasteiger partial charge in [0.05, 0.1) is 15.5 Å². The maximum Gasteiger partial charge on any atom is 0.285 e. The highest BCUT2D eigenvalue weighted by Gasteiger charge is 2.43. The van der Waals surface area contributed by atoms with E-state index in [1.807, 2.05) is 77.7 Å². The quantitative estimate of drug-likeness (QED) is 0.189. The summed E-state index contributed by atoms with van der Waals surface area (Å²) in [6.07, 6.45) is 5.17. The van der Waals surface area contributed by atoms with Crippen LogP contribution in [0.1, 0.15) is 60.0 Å². The molecule has 2 aliphatic heterocycles. The summed E-state index contributed by atoms with van der Waals surface area (Å²) < 4.78 is 5.36. The average Bonchev–Trinajstić information content (AvgIpc) is 3.03. The van der Waals surface area contributed by atoms with Crippen LogP contribution < -0.4 is 5.73 Å². The molecule has 3 aromatic rings. The smallest absolute Gasteiger partial charge is 0.285 e. The molecule has 0 radical (unpaired) electrons. The molecular formula is C34H39Cl2N5O2. The number of amides is 1. The lowest BCUT2D eigenvalue weighted by molar-refractivity contribution is 0.0618. The molecule has 43 heavy (non-hydrogen) atoms. The van der Waals surface area contributed by atoms with Crippen molar-refractivity contribution >= 4 is 41.0 Å². The van der Waals surface area contributed by atoms with Gasteiger partial charge in [0.25, 0.3) is 11.9 Å². The summed E-state index contributed by atoms with van der Waals surface area (Å²) in [6, 6.07) is 24.9. The zero-order valence-electron chi connectivity index (χ0n) is 24.3. The minimum absolute atomic E-state index is 0.0369. The van der Waals surface area contributed by atoms with Gasteiger partial charge in [0.15, 0.2) is 0 Å². The Morgan fingerprint density at radius 1 is 0.860 bits per heavy atom. The number of benzene rings is 3. The van der Waals surface area contributed by atoms with E-state index in [0.717, 1.165) is 63.0 Å². The number of nitrogens with two attached hydrogens (primary N) is 1. The molecule has 2 aliphatic rings. The van der Waals surface area contributed by atoms with E-state index < -0.39 is 11.4 Å². The van der Waals surface area contributed by atoms with Crippen LogP contribution in [0.4, 0.5) is 0 Å². The number of carbonyl (C=O) groups excluding carboxylic acids is 1. The standard InChI is InChI=1S/C34H39Cl2N5O2/c35-28-14-13-27(23-29(28)36)33(16-8-20-41(24-33)30(42)25-9-3-1-4-10-25)15-7-19-40-21-17-34(18-22-40,31(37)43-32(38)39)26-11-5-2-6-12-26/h1-6,9-14,23,37H,7-8,15-22,24H2,(H3,38,39). The number of hydrogen-bond acceptors (Lipinski definition) is 5. The third kappa shape index (κ3) is 6.90. The lowest BCUT2D eigenvalue weighted by atomic mass is 9.70. The zero-order valence-corrected chi connectivity index (χ0v) is 25.8. The van der Waals surface area contributed by atoms with E-state index in [1.165, 1.54) is 0 Å². The second kappa shape index (κ2) is 13.5. The summed E-state index contributed by atoms with van der Waals surface area (Å²) in [6.45, 7) is 3.88. The predicted octanol–water partition coefficient (Wildman–Crippen LogP) is 6.87. The van der Waals surface area contributed by atoms with Gasteiger partial charge in [-0.1, -0.05) is 77.8 Å². The van der Waals surface area contributed by atoms with Crippen LogP contribution in [0.25, 0.3) is 0 Å². The molecule has 4 N–H and O–H groups in total. The Bertz CT molecular complexity index is 1440. The zero-order chi connectivity index (χ0) is 30.5. The van der Waals surface area contributed by atoms with Crippen molar-refractivity contribution in [1.29, 1.82) is 10.8 Å². The topological polar surface area (TPSA) is 106 Å². The van der Waals surface area contributed by atoms with Gasteiger partial charge in [0.1, 0.15) is 0 Å². The Kier molecular flexibility index (Phi) is 9.75. The van der Waals surface area contributed by atoms with Crippen LogP contribution in [-0.4, -0.2) is 60.4 Å². The molecule has 5 rings (SSSR count). The number of hydrogen-bond donors (Lipinski definition) is 3. The molecule has 2 saturated heterocycles. The second-order valence-electron chi connectivity index (χ2n) is 11.8. The summed E-state index contributed by atoms with van der Waals surface area (Å²) in [5, 5.41) is 17.3. The van der Waals surface area contributed by atoms with Gasteiger partial charge in [-0.2, -0.15) is 0 Å². The lowest BCUT2D eigenvalue weighted by Crippen LogP contribution is -2.50. The van der Waals surface area contributed by atoms with E-state index in [9.17, 15) is 4.79 Å². The number of piperidine rings is 2. The second-order valence-corrected chi connectivity index (χ2v) is 12.6. The number of ether oxygens (including phenoxy) is 1. The fourth-order valence-electron chi connectivity index (χ4n) is 6.89. The fraction of sp³-hybridized carbons (Fsp3) is 0.382. The maximum absolute atomic E-state index is 13.5. The molecule has 226 valence electrons. The first-order valence-electron chi connectivity index (χ1n) is 14.9.